The monoisotopic (exact) mass is 248 g/mol. The molecule has 3 nitrogen and oxygen atoms in total. The van der Waals surface area contributed by atoms with Gasteiger partial charge in [0.1, 0.15) is 0 Å². The summed E-state index contributed by atoms with van der Waals surface area (Å²) in [6, 6.07) is 9.25. The number of carbonyl (C=O) groups excluding carboxylic acids is 1. The van der Waals surface area contributed by atoms with E-state index in [2.05, 4.69) is 0 Å². The van der Waals surface area contributed by atoms with Crippen LogP contribution in [0.3, 0.4) is 0 Å². The zero-order valence-corrected chi connectivity index (χ0v) is 11.0. The van der Waals surface area contributed by atoms with Crippen molar-refractivity contribution in [2.45, 2.75) is 26.6 Å². The summed E-state index contributed by atoms with van der Waals surface area (Å²) >= 11 is 0. The summed E-state index contributed by atoms with van der Waals surface area (Å²) in [4.78, 5) is 11.8. The van der Waals surface area contributed by atoms with Gasteiger partial charge in [0, 0.05) is 25.2 Å². The standard InChI is InChI=1S/C15H20O3/c1-3-17-15(18-4-2)12-8-11-14(16)13-9-6-5-7-10-13/h5-10,12,15H,3-4,11H2,1-2H3/b12-8+. The van der Waals surface area contributed by atoms with Crippen molar-refractivity contribution in [1.29, 1.82) is 0 Å². The summed E-state index contributed by atoms with van der Waals surface area (Å²) in [7, 11) is 0. The van der Waals surface area contributed by atoms with Gasteiger partial charge < -0.3 is 9.47 Å². The van der Waals surface area contributed by atoms with E-state index in [9.17, 15) is 4.79 Å². The Kier molecular flexibility index (Phi) is 6.99. The lowest BCUT2D eigenvalue weighted by Crippen LogP contribution is -2.14. The van der Waals surface area contributed by atoms with Gasteiger partial charge in [0.2, 0.25) is 0 Å². The molecule has 0 radical (unpaired) electrons. The molecule has 0 aliphatic carbocycles. The maximum Gasteiger partial charge on any atom is 0.176 e. The Balaban J connectivity index is 2.45. The van der Waals surface area contributed by atoms with E-state index in [-0.39, 0.29) is 12.1 Å². The number of allylic oxidation sites excluding steroid dienone is 1. The lowest BCUT2D eigenvalue weighted by Gasteiger charge is -2.12. The Morgan fingerprint density at radius 3 is 2.33 bits per heavy atom. The van der Waals surface area contributed by atoms with Crippen molar-refractivity contribution in [1.82, 2.24) is 0 Å². The Bertz CT molecular complexity index is 365. The quantitative estimate of drug-likeness (QED) is 0.402. The number of benzene rings is 1. The van der Waals surface area contributed by atoms with Crippen molar-refractivity contribution in [3.05, 3.63) is 48.0 Å². The number of ether oxygens (including phenoxy) is 2. The minimum absolute atomic E-state index is 0.0959. The molecular formula is C15H20O3. The van der Waals surface area contributed by atoms with E-state index >= 15 is 0 Å². The molecule has 0 saturated heterocycles. The van der Waals surface area contributed by atoms with Crippen molar-refractivity contribution in [2.24, 2.45) is 0 Å². The van der Waals surface area contributed by atoms with Gasteiger partial charge in [-0.3, -0.25) is 4.79 Å². The largest absolute Gasteiger partial charge is 0.349 e. The van der Waals surface area contributed by atoms with Crippen LogP contribution >= 0.6 is 0 Å². The fourth-order valence-electron chi connectivity index (χ4n) is 1.52. The number of hydrogen-bond acceptors (Lipinski definition) is 3. The summed E-state index contributed by atoms with van der Waals surface area (Å²) in [5, 5.41) is 0. The molecule has 0 N–H and O–H groups in total. The highest BCUT2D eigenvalue weighted by Gasteiger charge is 2.04. The van der Waals surface area contributed by atoms with Crippen LogP contribution < -0.4 is 0 Å². The van der Waals surface area contributed by atoms with Gasteiger partial charge in [-0.2, -0.15) is 0 Å². The van der Waals surface area contributed by atoms with Crippen molar-refractivity contribution < 1.29 is 14.3 Å². The minimum Gasteiger partial charge on any atom is -0.349 e. The van der Waals surface area contributed by atoms with Gasteiger partial charge in [-0.15, -0.1) is 0 Å². The predicted octanol–water partition coefficient (Wildman–Crippen LogP) is 3.21. The van der Waals surface area contributed by atoms with Crippen molar-refractivity contribution in [3.63, 3.8) is 0 Å². The van der Waals surface area contributed by atoms with Crippen LogP contribution in [0.25, 0.3) is 0 Å². The zero-order valence-electron chi connectivity index (χ0n) is 11.0. The van der Waals surface area contributed by atoms with E-state index < -0.39 is 0 Å². The Morgan fingerprint density at radius 1 is 1.17 bits per heavy atom. The molecule has 0 spiro atoms. The van der Waals surface area contributed by atoms with Gasteiger partial charge in [0.25, 0.3) is 0 Å². The van der Waals surface area contributed by atoms with Crippen LogP contribution in [0, 0.1) is 0 Å². The fourth-order valence-corrected chi connectivity index (χ4v) is 1.52. The zero-order chi connectivity index (χ0) is 13.2. The molecule has 1 aromatic carbocycles. The molecule has 0 bridgehead atoms. The lowest BCUT2D eigenvalue weighted by molar-refractivity contribution is -0.104. The van der Waals surface area contributed by atoms with Crippen molar-refractivity contribution >= 4 is 5.78 Å². The minimum atomic E-state index is -0.358. The second-order valence-corrected chi connectivity index (χ2v) is 3.70. The van der Waals surface area contributed by atoms with Gasteiger partial charge in [0.15, 0.2) is 12.1 Å². The first-order valence-corrected chi connectivity index (χ1v) is 6.26. The number of rotatable bonds is 8. The highest BCUT2D eigenvalue weighted by Crippen LogP contribution is 2.05. The predicted molar refractivity (Wildman–Crippen MR) is 71.6 cm³/mol. The molecule has 0 amide bonds. The second-order valence-electron chi connectivity index (χ2n) is 3.70. The molecule has 0 aliphatic rings. The van der Waals surface area contributed by atoms with E-state index in [1.807, 2.05) is 44.2 Å². The third-order valence-corrected chi connectivity index (χ3v) is 2.35. The summed E-state index contributed by atoms with van der Waals surface area (Å²) in [6.07, 6.45) is 3.59. The second kappa shape index (κ2) is 8.61. The van der Waals surface area contributed by atoms with E-state index in [0.717, 1.165) is 5.56 Å². The normalized spacial score (nSPS) is 11.3. The topological polar surface area (TPSA) is 35.5 Å². The summed E-state index contributed by atoms with van der Waals surface area (Å²) in [6.45, 7) is 4.99. The first kappa shape index (κ1) is 14.6. The first-order valence-electron chi connectivity index (χ1n) is 6.26. The maximum atomic E-state index is 11.8. The lowest BCUT2D eigenvalue weighted by atomic mass is 10.1. The number of Topliss-reactive ketones (excluding diaryl/α,β-unsaturated/α-hetero) is 1. The first-order chi connectivity index (χ1) is 8.77. The Morgan fingerprint density at radius 2 is 1.78 bits per heavy atom. The van der Waals surface area contributed by atoms with Crippen LogP contribution in [0.5, 0.6) is 0 Å². The van der Waals surface area contributed by atoms with Gasteiger partial charge in [-0.1, -0.05) is 36.4 Å². The maximum absolute atomic E-state index is 11.8. The van der Waals surface area contributed by atoms with Crippen molar-refractivity contribution in [3.8, 4) is 0 Å². The average molecular weight is 248 g/mol. The number of ketones is 1. The molecule has 1 rings (SSSR count). The molecule has 98 valence electrons. The highest BCUT2D eigenvalue weighted by atomic mass is 16.7. The third kappa shape index (κ3) is 5.25. The average Bonchev–Trinajstić information content (AvgIpc) is 2.40. The van der Waals surface area contributed by atoms with E-state index in [1.165, 1.54) is 0 Å². The van der Waals surface area contributed by atoms with Crippen LogP contribution in [0.15, 0.2) is 42.5 Å². The summed E-state index contributed by atoms with van der Waals surface area (Å²) in [5.41, 5.74) is 0.728. The molecule has 3 heteroatoms. The molecule has 0 fully saturated rings. The van der Waals surface area contributed by atoms with Crippen LogP contribution in [-0.2, 0) is 9.47 Å². The molecule has 0 saturated carbocycles. The summed E-state index contributed by atoms with van der Waals surface area (Å²) in [5.74, 6) is 0.0959. The molecular weight excluding hydrogens is 228 g/mol. The van der Waals surface area contributed by atoms with Crippen molar-refractivity contribution in [2.75, 3.05) is 13.2 Å². The van der Waals surface area contributed by atoms with E-state index in [4.69, 9.17) is 9.47 Å². The number of hydrogen-bond donors (Lipinski definition) is 0. The molecule has 0 aliphatic heterocycles. The Labute approximate surface area is 108 Å². The SMILES string of the molecule is CCOC(/C=C/CC(=O)c1ccccc1)OCC. The van der Waals surface area contributed by atoms with Gasteiger partial charge in [-0.05, 0) is 19.9 Å². The fraction of sp³-hybridized carbons (Fsp3) is 0.400. The van der Waals surface area contributed by atoms with Crippen LogP contribution in [0.1, 0.15) is 30.6 Å². The van der Waals surface area contributed by atoms with Crippen LogP contribution in [0.4, 0.5) is 0 Å². The van der Waals surface area contributed by atoms with Crippen LogP contribution in [-0.4, -0.2) is 25.3 Å². The molecule has 0 heterocycles. The molecule has 18 heavy (non-hydrogen) atoms. The summed E-state index contributed by atoms with van der Waals surface area (Å²) < 4.78 is 10.7. The third-order valence-electron chi connectivity index (χ3n) is 2.35. The molecule has 0 aromatic heterocycles. The number of carbonyl (C=O) groups is 1. The van der Waals surface area contributed by atoms with E-state index in [1.54, 1.807) is 12.2 Å². The smallest absolute Gasteiger partial charge is 0.176 e. The van der Waals surface area contributed by atoms with Crippen LogP contribution in [0.2, 0.25) is 0 Å². The molecule has 1 aromatic rings. The Hall–Kier alpha value is -1.45. The highest BCUT2D eigenvalue weighted by molar-refractivity contribution is 5.96. The van der Waals surface area contributed by atoms with Gasteiger partial charge in [0.05, 0.1) is 0 Å². The van der Waals surface area contributed by atoms with E-state index in [0.29, 0.717) is 19.6 Å². The van der Waals surface area contributed by atoms with Gasteiger partial charge >= 0.3 is 0 Å². The molecule has 0 unspecified atom stereocenters. The molecule has 0 atom stereocenters. The van der Waals surface area contributed by atoms with Gasteiger partial charge in [-0.25, -0.2) is 0 Å².